The standard InChI is InChI=1S/C13H20N4O2/c1-9-14-11(16(2)3)7-12(15-9)17-6-5-10(8-17)13(18)19-4/h7,10H,5-6,8H2,1-4H3. The Balaban J connectivity index is 2.17. The molecule has 0 spiro atoms. The fourth-order valence-corrected chi connectivity index (χ4v) is 2.26. The first-order valence-electron chi connectivity index (χ1n) is 6.37. The van der Waals surface area contributed by atoms with Crippen molar-refractivity contribution in [2.75, 3.05) is 44.1 Å². The van der Waals surface area contributed by atoms with Crippen molar-refractivity contribution in [2.24, 2.45) is 5.92 Å². The van der Waals surface area contributed by atoms with E-state index in [1.165, 1.54) is 7.11 Å². The molecule has 1 atom stereocenters. The molecule has 2 rings (SSSR count). The molecule has 0 saturated carbocycles. The Morgan fingerprint density at radius 2 is 2.21 bits per heavy atom. The molecule has 1 fully saturated rings. The van der Waals surface area contributed by atoms with E-state index in [0.717, 1.165) is 30.4 Å². The number of carbonyl (C=O) groups excluding carboxylic acids is 1. The number of aromatic nitrogens is 2. The van der Waals surface area contributed by atoms with Gasteiger partial charge in [0.1, 0.15) is 17.5 Å². The monoisotopic (exact) mass is 264 g/mol. The lowest BCUT2D eigenvalue weighted by molar-refractivity contribution is -0.144. The number of methoxy groups -OCH3 is 1. The van der Waals surface area contributed by atoms with E-state index in [1.54, 1.807) is 0 Å². The molecule has 0 radical (unpaired) electrons. The van der Waals surface area contributed by atoms with Crippen LogP contribution in [0.15, 0.2) is 6.07 Å². The Morgan fingerprint density at radius 3 is 2.84 bits per heavy atom. The summed E-state index contributed by atoms with van der Waals surface area (Å²) < 4.78 is 4.80. The quantitative estimate of drug-likeness (QED) is 0.754. The predicted octanol–water partition coefficient (Wildman–Crippen LogP) is 0.850. The van der Waals surface area contributed by atoms with Gasteiger partial charge in [-0.3, -0.25) is 4.79 Å². The maximum Gasteiger partial charge on any atom is 0.310 e. The van der Waals surface area contributed by atoms with E-state index < -0.39 is 0 Å². The van der Waals surface area contributed by atoms with Crippen molar-refractivity contribution in [2.45, 2.75) is 13.3 Å². The van der Waals surface area contributed by atoms with E-state index in [-0.39, 0.29) is 11.9 Å². The highest BCUT2D eigenvalue weighted by Gasteiger charge is 2.30. The van der Waals surface area contributed by atoms with Crippen LogP contribution in [0, 0.1) is 12.8 Å². The Morgan fingerprint density at radius 1 is 1.47 bits per heavy atom. The smallest absolute Gasteiger partial charge is 0.310 e. The molecule has 2 heterocycles. The van der Waals surface area contributed by atoms with Crippen LogP contribution < -0.4 is 9.80 Å². The van der Waals surface area contributed by atoms with Gasteiger partial charge in [0.2, 0.25) is 0 Å². The van der Waals surface area contributed by atoms with Crippen LogP contribution in [0.3, 0.4) is 0 Å². The van der Waals surface area contributed by atoms with Gasteiger partial charge < -0.3 is 14.5 Å². The molecule has 1 saturated heterocycles. The van der Waals surface area contributed by atoms with E-state index >= 15 is 0 Å². The summed E-state index contributed by atoms with van der Waals surface area (Å²) in [7, 11) is 5.34. The maximum atomic E-state index is 11.5. The molecule has 0 bridgehead atoms. The molecule has 0 aromatic carbocycles. The number of esters is 1. The fourth-order valence-electron chi connectivity index (χ4n) is 2.26. The second-order valence-electron chi connectivity index (χ2n) is 4.98. The van der Waals surface area contributed by atoms with Crippen LogP contribution >= 0.6 is 0 Å². The number of aryl methyl sites for hydroxylation is 1. The first-order chi connectivity index (χ1) is 9.01. The Kier molecular flexibility index (Phi) is 3.87. The minimum Gasteiger partial charge on any atom is -0.469 e. The normalized spacial score (nSPS) is 18.5. The van der Waals surface area contributed by atoms with Crippen LogP contribution in [0.1, 0.15) is 12.2 Å². The summed E-state index contributed by atoms with van der Waals surface area (Å²) in [5.41, 5.74) is 0. The second kappa shape index (κ2) is 5.42. The highest BCUT2D eigenvalue weighted by molar-refractivity contribution is 5.74. The summed E-state index contributed by atoms with van der Waals surface area (Å²) in [6.45, 7) is 3.36. The van der Waals surface area contributed by atoms with Gasteiger partial charge >= 0.3 is 5.97 Å². The summed E-state index contributed by atoms with van der Waals surface area (Å²) in [4.78, 5) is 24.4. The lowest BCUT2D eigenvalue weighted by Crippen LogP contribution is -2.25. The third-order valence-corrected chi connectivity index (χ3v) is 3.32. The van der Waals surface area contributed by atoms with Crippen molar-refractivity contribution < 1.29 is 9.53 Å². The van der Waals surface area contributed by atoms with E-state index in [2.05, 4.69) is 14.9 Å². The van der Waals surface area contributed by atoms with Crippen LogP contribution in [-0.2, 0) is 9.53 Å². The van der Waals surface area contributed by atoms with Gasteiger partial charge in [-0.1, -0.05) is 0 Å². The summed E-state index contributed by atoms with van der Waals surface area (Å²) >= 11 is 0. The largest absolute Gasteiger partial charge is 0.469 e. The van der Waals surface area contributed by atoms with Crippen molar-refractivity contribution in [3.8, 4) is 0 Å². The highest BCUT2D eigenvalue weighted by atomic mass is 16.5. The van der Waals surface area contributed by atoms with E-state index in [4.69, 9.17) is 4.74 Å². The number of anilines is 2. The van der Waals surface area contributed by atoms with Crippen LogP contribution in [0.5, 0.6) is 0 Å². The first kappa shape index (κ1) is 13.6. The summed E-state index contributed by atoms with van der Waals surface area (Å²) in [5.74, 6) is 2.30. The van der Waals surface area contributed by atoms with E-state index in [1.807, 2.05) is 32.0 Å². The Labute approximate surface area is 113 Å². The molecule has 19 heavy (non-hydrogen) atoms. The number of hydrogen-bond donors (Lipinski definition) is 0. The van der Waals surface area contributed by atoms with Gasteiger partial charge in [0.05, 0.1) is 13.0 Å². The molecule has 104 valence electrons. The van der Waals surface area contributed by atoms with Crippen LogP contribution in [0.4, 0.5) is 11.6 Å². The van der Waals surface area contributed by atoms with E-state index in [0.29, 0.717) is 6.54 Å². The highest BCUT2D eigenvalue weighted by Crippen LogP contribution is 2.25. The molecule has 0 aliphatic carbocycles. The van der Waals surface area contributed by atoms with Gasteiger partial charge in [-0.15, -0.1) is 0 Å². The SMILES string of the molecule is COC(=O)C1CCN(c2cc(N(C)C)nc(C)n2)C1. The molecular formula is C13H20N4O2. The zero-order chi connectivity index (χ0) is 14.0. The molecule has 6 nitrogen and oxygen atoms in total. The minimum atomic E-state index is -0.138. The van der Waals surface area contributed by atoms with Gasteiger partial charge in [-0.05, 0) is 13.3 Å². The van der Waals surface area contributed by atoms with Crippen molar-refractivity contribution in [3.05, 3.63) is 11.9 Å². The lowest BCUT2D eigenvalue weighted by Gasteiger charge is -2.20. The third kappa shape index (κ3) is 2.94. The lowest BCUT2D eigenvalue weighted by atomic mass is 10.1. The second-order valence-corrected chi connectivity index (χ2v) is 4.98. The molecular weight excluding hydrogens is 244 g/mol. The zero-order valence-corrected chi connectivity index (χ0v) is 11.9. The summed E-state index contributed by atoms with van der Waals surface area (Å²) in [5, 5.41) is 0. The van der Waals surface area contributed by atoms with Crippen molar-refractivity contribution in [1.29, 1.82) is 0 Å². The predicted molar refractivity (Wildman–Crippen MR) is 73.4 cm³/mol. The molecule has 6 heteroatoms. The van der Waals surface area contributed by atoms with Gasteiger partial charge in [-0.2, -0.15) is 0 Å². The fraction of sp³-hybridized carbons (Fsp3) is 0.615. The molecule has 1 aliphatic heterocycles. The van der Waals surface area contributed by atoms with Crippen LogP contribution in [0.2, 0.25) is 0 Å². The number of ether oxygens (including phenoxy) is 1. The molecule has 0 N–H and O–H groups in total. The zero-order valence-electron chi connectivity index (χ0n) is 11.9. The molecule has 1 aliphatic rings. The van der Waals surface area contributed by atoms with E-state index in [9.17, 15) is 4.79 Å². The van der Waals surface area contributed by atoms with Gasteiger partial charge in [0.15, 0.2) is 0 Å². The number of rotatable bonds is 3. The number of carbonyl (C=O) groups is 1. The maximum absolute atomic E-state index is 11.5. The van der Waals surface area contributed by atoms with Crippen molar-refractivity contribution in [1.82, 2.24) is 9.97 Å². The minimum absolute atomic E-state index is 0.0527. The van der Waals surface area contributed by atoms with Crippen LogP contribution in [-0.4, -0.2) is 50.2 Å². The van der Waals surface area contributed by atoms with Crippen molar-refractivity contribution in [3.63, 3.8) is 0 Å². The van der Waals surface area contributed by atoms with Gasteiger partial charge in [0.25, 0.3) is 0 Å². The Hall–Kier alpha value is -1.85. The molecule has 1 aromatic heterocycles. The van der Waals surface area contributed by atoms with Crippen LogP contribution in [0.25, 0.3) is 0 Å². The Bertz CT molecular complexity index is 476. The molecule has 0 amide bonds. The topological polar surface area (TPSA) is 58.6 Å². The molecule has 1 aromatic rings. The number of nitrogens with zero attached hydrogens (tertiary/aromatic N) is 4. The average molecular weight is 264 g/mol. The average Bonchev–Trinajstić information content (AvgIpc) is 2.86. The molecule has 1 unspecified atom stereocenters. The first-order valence-corrected chi connectivity index (χ1v) is 6.37. The van der Waals surface area contributed by atoms with Gasteiger partial charge in [0, 0.05) is 33.3 Å². The summed E-state index contributed by atoms with van der Waals surface area (Å²) in [6.07, 6.45) is 0.813. The number of hydrogen-bond acceptors (Lipinski definition) is 6. The summed E-state index contributed by atoms with van der Waals surface area (Å²) in [6, 6.07) is 1.95. The van der Waals surface area contributed by atoms with Crippen molar-refractivity contribution >= 4 is 17.6 Å². The third-order valence-electron chi connectivity index (χ3n) is 3.32. The van der Waals surface area contributed by atoms with Gasteiger partial charge in [-0.25, -0.2) is 9.97 Å².